The summed E-state index contributed by atoms with van der Waals surface area (Å²) >= 11 is 0. The van der Waals surface area contributed by atoms with E-state index in [2.05, 4.69) is 34.6 Å². The van der Waals surface area contributed by atoms with Crippen LogP contribution in [0.4, 0.5) is 0 Å². The summed E-state index contributed by atoms with van der Waals surface area (Å²) in [4.78, 5) is 46.7. The molecule has 9 heteroatoms. The molecule has 0 aliphatic carbocycles. The summed E-state index contributed by atoms with van der Waals surface area (Å²) in [6.07, 6.45) is 12.2. The van der Waals surface area contributed by atoms with E-state index in [1.807, 2.05) is 20.8 Å². The smallest absolute Gasteiger partial charge is 0.311 e. The second kappa shape index (κ2) is 20.4. The van der Waals surface area contributed by atoms with E-state index in [1.54, 1.807) is 0 Å². The number of aliphatic carboxylic acids is 1. The monoisotopic (exact) mass is 674 g/mol. The summed E-state index contributed by atoms with van der Waals surface area (Å²) in [5.74, 6) is 0.853. The summed E-state index contributed by atoms with van der Waals surface area (Å²) < 4.78 is 22.3. The van der Waals surface area contributed by atoms with E-state index < -0.39 is 23.9 Å². The second-order valence-corrected chi connectivity index (χ2v) is 14.7. The molecule has 9 nitrogen and oxygen atoms in total. The molecule has 0 bridgehead atoms. The minimum absolute atomic E-state index is 0.156. The van der Waals surface area contributed by atoms with Gasteiger partial charge < -0.3 is 24.1 Å². The minimum Gasteiger partial charge on any atom is -0.487 e. The molecule has 0 saturated carbocycles. The van der Waals surface area contributed by atoms with Crippen molar-refractivity contribution in [3.8, 4) is 11.5 Å². The third kappa shape index (κ3) is 14.6. The van der Waals surface area contributed by atoms with Gasteiger partial charge in [-0.1, -0.05) is 72.6 Å². The minimum atomic E-state index is -1.10. The number of fused-ring (bicyclic) bond motifs is 1. The summed E-state index contributed by atoms with van der Waals surface area (Å²) in [6, 6.07) is 0. The molecular weight excluding hydrogens is 612 g/mol. The Bertz CT molecular complexity index is 1220. The van der Waals surface area contributed by atoms with Crippen molar-refractivity contribution in [3.63, 3.8) is 0 Å². The maximum Gasteiger partial charge on any atom is 0.311 e. The lowest BCUT2D eigenvalue weighted by molar-refractivity contribution is -0.154. The van der Waals surface area contributed by atoms with E-state index in [1.165, 1.54) is 44.9 Å². The van der Waals surface area contributed by atoms with E-state index in [4.69, 9.17) is 24.1 Å². The Labute approximate surface area is 288 Å². The van der Waals surface area contributed by atoms with Crippen molar-refractivity contribution < 1.29 is 43.2 Å². The number of carbonyl (C=O) groups excluding carboxylic acids is 3. The first kappa shape index (κ1) is 41.1. The normalized spacial score (nSPS) is 16.9. The molecule has 0 saturated heterocycles. The Morgan fingerprint density at radius 2 is 1.25 bits per heavy atom. The van der Waals surface area contributed by atoms with Gasteiger partial charge in [-0.25, -0.2) is 0 Å². The zero-order valence-corrected chi connectivity index (χ0v) is 31.0. The van der Waals surface area contributed by atoms with Crippen molar-refractivity contribution in [1.82, 2.24) is 0 Å². The van der Waals surface area contributed by atoms with Crippen LogP contribution in [0.5, 0.6) is 11.5 Å². The average molecular weight is 675 g/mol. The van der Waals surface area contributed by atoms with Gasteiger partial charge in [-0.05, 0) is 87.8 Å². The van der Waals surface area contributed by atoms with Gasteiger partial charge in [0.25, 0.3) is 0 Å². The number of ether oxygens (including phenoxy) is 4. The number of benzene rings is 1. The molecule has 1 aliphatic heterocycles. The molecule has 1 aromatic rings. The summed E-state index contributed by atoms with van der Waals surface area (Å²) in [5, 5.41) is 8.59. The van der Waals surface area contributed by atoms with Gasteiger partial charge in [0.05, 0.1) is 25.7 Å². The molecule has 272 valence electrons. The van der Waals surface area contributed by atoms with Crippen LogP contribution in [0, 0.1) is 38.5 Å². The fourth-order valence-corrected chi connectivity index (χ4v) is 6.45. The van der Waals surface area contributed by atoms with Crippen LogP contribution in [-0.4, -0.2) is 47.8 Å². The van der Waals surface area contributed by atoms with Gasteiger partial charge in [-0.2, -0.15) is 0 Å². The maximum absolute atomic E-state index is 12.7. The molecule has 1 heterocycles. The first-order valence-corrected chi connectivity index (χ1v) is 18.2. The predicted octanol–water partition coefficient (Wildman–Crippen LogP) is 8.77. The molecule has 0 amide bonds. The van der Waals surface area contributed by atoms with Crippen LogP contribution in [0.25, 0.3) is 0 Å². The molecule has 2 rings (SSSR count). The van der Waals surface area contributed by atoms with E-state index in [9.17, 15) is 19.2 Å². The van der Waals surface area contributed by atoms with Crippen LogP contribution >= 0.6 is 0 Å². The van der Waals surface area contributed by atoms with Crippen molar-refractivity contribution in [2.45, 2.75) is 157 Å². The predicted molar refractivity (Wildman–Crippen MR) is 186 cm³/mol. The number of carboxylic acid groups (broad SMARTS) is 1. The molecule has 0 aromatic heterocycles. The first-order chi connectivity index (χ1) is 22.6. The highest BCUT2D eigenvalue weighted by molar-refractivity contribution is 5.80. The van der Waals surface area contributed by atoms with E-state index in [-0.39, 0.29) is 44.5 Å². The number of esters is 3. The molecule has 0 radical (unpaired) electrons. The van der Waals surface area contributed by atoms with Crippen LogP contribution in [0.1, 0.15) is 147 Å². The van der Waals surface area contributed by atoms with Crippen molar-refractivity contribution >= 4 is 23.9 Å². The van der Waals surface area contributed by atoms with Crippen molar-refractivity contribution in [2.24, 2.45) is 17.8 Å². The molecule has 1 aliphatic rings. The van der Waals surface area contributed by atoms with Gasteiger partial charge in [0.15, 0.2) is 0 Å². The number of carboxylic acids is 1. The Kier molecular flexibility index (Phi) is 17.5. The van der Waals surface area contributed by atoms with Gasteiger partial charge in [-0.3, -0.25) is 19.2 Å². The van der Waals surface area contributed by atoms with Gasteiger partial charge >= 0.3 is 23.9 Å². The molecule has 48 heavy (non-hydrogen) atoms. The zero-order chi connectivity index (χ0) is 35.9. The lowest BCUT2D eigenvalue weighted by Crippen LogP contribution is -2.37. The van der Waals surface area contributed by atoms with Gasteiger partial charge in [0.2, 0.25) is 0 Å². The number of rotatable bonds is 22. The van der Waals surface area contributed by atoms with Crippen LogP contribution in [0.15, 0.2) is 0 Å². The maximum atomic E-state index is 12.7. The first-order valence-electron chi connectivity index (χ1n) is 18.2. The number of carbonyl (C=O) groups is 4. The van der Waals surface area contributed by atoms with Crippen LogP contribution in [0.2, 0.25) is 0 Å². The van der Waals surface area contributed by atoms with E-state index in [0.717, 1.165) is 71.4 Å². The van der Waals surface area contributed by atoms with E-state index in [0.29, 0.717) is 5.75 Å². The van der Waals surface area contributed by atoms with Crippen molar-refractivity contribution in [2.75, 3.05) is 13.2 Å². The third-order valence-electron chi connectivity index (χ3n) is 9.74. The second-order valence-electron chi connectivity index (χ2n) is 14.7. The molecule has 3 atom stereocenters. The summed E-state index contributed by atoms with van der Waals surface area (Å²) in [5.41, 5.74) is 3.56. The van der Waals surface area contributed by atoms with Crippen molar-refractivity contribution in [3.05, 3.63) is 22.3 Å². The van der Waals surface area contributed by atoms with Gasteiger partial charge in [0.1, 0.15) is 30.3 Å². The average Bonchev–Trinajstić information content (AvgIpc) is 3.01. The van der Waals surface area contributed by atoms with Crippen LogP contribution < -0.4 is 9.47 Å². The molecule has 1 aromatic carbocycles. The lowest BCUT2D eigenvalue weighted by Gasteiger charge is -2.38. The summed E-state index contributed by atoms with van der Waals surface area (Å²) in [7, 11) is 0. The highest BCUT2D eigenvalue weighted by Gasteiger charge is 2.35. The third-order valence-corrected chi connectivity index (χ3v) is 9.74. The topological polar surface area (TPSA) is 125 Å². The lowest BCUT2D eigenvalue weighted by atomic mass is 9.83. The Morgan fingerprint density at radius 3 is 1.81 bits per heavy atom. The number of hydrogen-bond acceptors (Lipinski definition) is 8. The van der Waals surface area contributed by atoms with Crippen LogP contribution in [-0.2, 0) is 35.1 Å². The quantitative estimate of drug-likeness (QED) is 0.0730. The molecule has 1 N–H and O–H groups in total. The molecule has 0 spiro atoms. The molecule has 0 fully saturated rings. The fraction of sp³-hybridized carbons (Fsp3) is 0.744. The zero-order valence-electron chi connectivity index (χ0n) is 31.0. The Hall–Kier alpha value is -3.10. The van der Waals surface area contributed by atoms with E-state index >= 15 is 0 Å². The Balaban J connectivity index is 1.80. The van der Waals surface area contributed by atoms with Crippen LogP contribution in [0.3, 0.4) is 0 Å². The fourth-order valence-electron chi connectivity index (χ4n) is 6.45. The van der Waals surface area contributed by atoms with Gasteiger partial charge in [0, 0.05) is 5.56 Å². The Morgan fingerprint density at radius 1 is 0.729 bits per heavy atom. The molecular formula is C39H62O9. The number of hydrogen-bond donors (Lipinski definition) is 1. The largest absolute Gasteiger partial charge is 0.487 e. The van der Waals surface area contributed by atoms with Crippen molar-refractivity contribution in [1.29, 1.82) is 0 Å². The van der Waals surface area contributed by atoms with Gasteiger partial charge in [-0.15, -0.1) is 0 Å². The summed E-state index contributed by atoms with van der Waals surface area (Å²) in [6.45, 7) is 17.2. The SMILES string of the molecule is Cc1c(C)c2c(c(C)c1OC(=O)CCC(=O)OCCOC(=O)CCC(=O)O)CCC(C)(CCCC(C)CCCC(C)CCCC(C)C)O2. The highest BCUT2D eigenvalue weighted by atomic mass is 16.6. The molecule has 3 unspecified atom stereocenters. The standard InChI is InChI=1S/C39H62O9/c1-26(2)12-9-13-27(3)14-10-15-28(4)16-11-22-39(8)23-21-32-31(7)37(29(5)30(6)38(32)48-39)47-36(44)20-19-35(43)46-25-24-45-34(42)18-17-33(40)41/h26-28H,9-25H2,1-8H3,(H,40,41). The highest BCUT2D eigenvalue weighted by Crippen LogP contribution is 2.45.